The molecule has 0 radical (unpaired) electrons. The second kappa shape index (κ2) is 5.56. The van der Waals surface area contributed by atoms with Crippen LogP contribution in [0.25, 0.3) is 0 Å². The lowest BCUT2D eigenvalue weighted by molar-refractivity contribution is 0.0729. The minimum atomic E-state index is -0.243. The zero-order valence-electron chi connectivity index (χ0n) is 12.0. The van der Waals surface area contributed by atoms with E-state index in [2.05, 4.69) is 24.0 Å². The lowest BCUT2D eigenvalue weighted by Gasteiger charge is -2.26. The summed E-state index contributed by atoms with van der Waals surface area (Å²) in [6, 6.07) is 13.0. The van der Waals surface area contributed by atoms with E-state index in [9.17, 15) is 9.59 Å². The number of aryl methyl sites for hydroxylation is 1. The predicted molar refractivity (Wildman–Crippen MR) is 81.3 cm³/mol. The van der Waals surface area contributed by atoms with Gasteiger partial charge in [0.05, 0.1) is 6.04 Å². The number of nitrogens with zero attached hydrogens (tertiary/aromatic N) is 1. The third-order valence-electron chi connectivity index (χ3n) is 4.06. The molecule has 0 saturated carbocycles. The molecule has 2 aromatic rings. The standard InChI is InChI=1S/C17H18N2O2/c1-12-6-2-3-7-13(12)15-9-5-11-19(15)17(21)14-8-4-10-16(20)18-14/h2-4,6-8,10,15H,5,9,11H2,1H3,(H,18,20). The van der Waals surface area contributed by atoms with Gasteiger partial charge in [-0.3, -0.25) is 9.59 Å². The highest BCUT2D eigenvalue weighted by Crippen LogP contribution is 2.34. The van der Waals surface area contributed by atoms with Crippen LogP contribution in [-0.4, -0.2) is 22.3 Å². The predicted octanol–water partition coefficient (Wildman–Crippen LogP) is 2.66. The van der Waals surface area contributed by atoms with Gasteiger partial charge in [0.25, 0.3) is 5.91 Å². The molecule has 4 nitrogen and oxygen atoms in total. The van der Waals surface area contributed by atoms with Crippen LogP contribution in [0.3, 0.4) is 0 Å². The Hall–Kier alpha value is -2.36. The van der Waals surface area contributed by atoms with Crippen molar-refractivity contribution in [2.45, 2.75) is 25.8 Å². The summed E-state index contributed by atoms with van der Waals surface area (Å²) < 4.78 is 0. The van der Waals surface area contributed by atoms with Crippen LogP contribution in [0, 0.1) is 6.92 Å². The maximum atomic E-state index is 12.6. The number of likely N-dealkylation sites (tertiary alicyclic amines) is 1. The van der Waals surface area contributed by atoms with E-state index in [1.807, 2.05) is 17.0 Å². The number of benzene rings is 1. The quantitative estimate of drug-likeness (QED) is 0.920. The lowest BCUT2D eigenvalue weighted by Crippen LogP contribution is -2.32. The third-order valence-corrected chi connectivity index (χ3v) is 4.06. The molecule has 0 aliphatic carbocycles. The van der Waals surface area contributed by atoms with Crippen molar-refractivity contribution < 1.29 is 4.79 Å². The molecule has 4 heteroatoms. The fourth-order valence-corrected chi connectivity index (χ4v) is 3.02. The van der Waals surface area contributed by atoms with Crippen LogP contribution in [0.2, 0.25) is 0 Å². The first-order chi connectivity index (χ1) is 10.2. The van der Waals surface area contributed by atoms with E-state index in [1.54, 1.807) is 12.1 Å². The summed E-state index contributed by atoms with van der Waals surface area (Å²) in [7, 11) is 0. The number of H-pyrrole nitrogens is 1. The van der Waals surface area contributed by atoms with Gasteiger partial charge in [-0.2, -0.15) is 0 Å². The van der Waals surface area contributed by atoms with Crippen LogP contribution in [-0.2, 0) is 0 Å². The fourth-order valence-electron chi connectivity index (χ4n) is 3.02. The van der Waals surface area contributed by atoms with Gasteiger partial charge in [0.15, 0.2) is 0 Å². The van der Waals surface area contributed by atoms with Crippen LogP contribution >= 0.6 is 0 Å². The van der Waals surface area contributed by atoms with Gasteiger partial charge in [0.2, 0.25) is 5.56 Å². The number of rotatable bonds is 2. The molecule has 1 atom stereocenters. The van der Waals surface area contributed by atoms with Gasteiger partial charge < -0.3 is 9.88 Å². The number of hydrogen-bond donors (Lipinski definition) is 1. The maximum Gasteiger partial charge on any atom is 0.270 e. The van der Waals surface area contributed by atoms with Crippen LogP contribution in [0.4, 0.5) is 0 Å². The number of pyridine rings is 1. The number of carbonyl (C=O) groups is 1. The molecule has 3 rings (SSSR count). The van der Waals surface area contributed by atoms with Crippen molar-refractivity contribution in [2.75, 3.05) is 6.54 Å². The number of carbonyl (C=O) groups excluding carboxylic acids is 1. The first kappa shape index (κ1) is 13.6. The fraction of sp³-hybridized carbons (Fsp3) is 0.294. The summed E-state index contributed by atoms with van der Waals surface area (Å²) in [4.78, 5) is 28.5. The Morgan fingerprint density at radius 2 is 2.00 bits per heavy atom. The van der Waals surface area contributed by atoms with Crippen molar-refractivity contribution in [3.05, 3.63) is 69.6 Å². The smallest absolute Gasteiger partial charge is 0.270 e. The normalized spacial score (nSPS) is 18.0. The van der Waals surface area contributed by atoms with E-state index < -0.39 is 0 Å². The number of amides is 1. The van der Waals surface area contributed by atoms with Crippen LogP contribution in [0.1, 0.15) is 40.5 Å². The van der Waals surface area contributed by atoms with Gasteiger partial charge >= 0.3 is 0 Å². The molecule has 1 saturated heterocycles. The van der Waals surface area contributed by atoms with E-state index in [4.69, 9.17) is 0 Å². The van der Waals surface area contributed by atoms with Gasteiger partial charge in [-0.25, -0.2) is 0 Å². The Labute approximate surface area is 123 Å². The Balaban J connectivity index is 1.93. The summed E-state index contributed by atoms with van der Waals surface area (Å²) in [5, 5.41) is 0. The molecular weight excluding hydrogens is 264 g/mol. The SMILES string of the molecule is Cc1ccccc1C1CCCN1C(=O)c1cccc(=O)[nH]1. The molecular formula is C17H18N2O2. The lowest BCUT2D eigenvalue weighted by atomic mass is 9.99. The van der Waals surface area contributed by atoms with Gasteiger partial charge in [-0.15, -0.1) is 0 Å². The molecule has 1 fully saturated rings. The summed E-state index contributed by atoms with van der Waals surface area (Å²) in [6.07, 6.45) is 1.95. The summed E-state index contributed by atoms with van der Waals surface area (Å²) in [5.74, 6) is -0.0987. The highest BCUT2D eigenvalue weighted by Gasteiger charge is 2.31. The second-order valence-electron chi connectivity index (χ2n) is 5.44. The van der Waals surface area contributed by atoms with E-state index in [0.29, 0.717) is 5.69 Å². The van der Waals surface area contributed by atoms with Crippen molar-refractivity contribution in [1.82, 2.24) is 9.88 Å². The summed E-state index contributed by atoms with van der Waals surface area (Å²) in [6.45, 7) is 2.80. The summed E-state index contributed by atoms with van der Waals surface area (Å²) >= 11 is 0. The molecule has 1 N–H and O–H groups in total. The topological polar surface area (TPSA) is 53.2 Å². The molecule has 0 bridgehead atoms. The zero-order valence-corrected chi connectivity index (χ0v) is 12.0. The molecule has 1 aliphatic rings. The first-order valence-electron chi connectivity index (χ1n) is 7.22. The van der Waals surface area contributed by atoms with Gasteiger partial charge in [0.1, 0.15) is 5.69 Å². The number of hydrogen-bond acceptors (Lipinski definition) is 2. The Bertz CT molecular complexity index is 720. The Morgan fingerprint density at radius 3 is 2.76 bits per heavy atom. The molecule has 1 amide bonds. The van der Waals surface area contributed by atoms with Crippen LogP contribution in [0.15, 0.2) is 47.3 Å². The number of aromatic nitrogens is 1. The average Bonchev–Trinajstić information content (AvgIpc) is 2.96. The van der Waals surface area contributed by atoms with Crippen molar-refractivity contribution in [3.8, 4) is 0 Å². The van der Waals surface area contributed by atoms with Crippen LogP contribution in [0.5, 0.6) is 0 Å². The van der Waals surface area contributed by atoms with Crippen molar-refractivity contribution in [3.63, 3.8) is 0 Å². The van der Waals surface area contributed by atoms with Crippen molar-refractivity contribution >= 4 is 5.91 Å². The van der Waals surface area contributed by atoms with Crippen LogP contribution < -0.4 is 5.56 Å². The minimum absolute atomic E-state index is 0.0987. The van der Waals surface area contributed by atoms with E-state index in [0.717, 1.165) is 19.4 Å². The molecule has 1 aromatic carbocycles. The van der Waals surface area contributed by atoms with Gasteiger partial charge in [-0.05, 0) is 37.0 Å². The number of aromatic amines is 1. The molecule has 2 heterocycles. The first-order valence-corrected chi connectivity index (χ1v) is 7.22. The monoisotopic (exact) mass is 282 g/mol. The molecule has 108 valence electrons. The molecule has 0 spiro atoms. The Kier molecular flexibility index (Phi) is 3.60. The zero-order chi connectivity index (χ0) is 14.8. The van der Waals surface area contributed by atoms with E-state index in [1.165, 1.54) is 17.2 Å². The second-order valence-corrected chi connectivity index (χ2v) is 5.44. The van der Waals surface area contributed by atoms with Crippen molar-refractivity contribution in [2.24, 2.45) is 0 Å². The molecule has 21 heavy (non-hydrogen) atoms. The Morgan fingerprint density at radius 1 is 1.19 bits per heavy atom. The van der Waals surface area contributed by atoms with Crippen molar-refractivity contribution in [1.29, 1.82) is 0 Å². The minimum Gasteiger partial charge on any atom is -0.330 e. The maximum absolute atomic E-state index is 12.6. The average molecular weight is 282 g/mol. The molecule has 1 aliphatic heterocycles. The highest BCUT2D eigenvalue weighted by atomic mass is 16.2. The van der Waals surface area contributed by atoms with E-state index in [-0.39, 0.29) is 17.5 Å². The highest BCUT2D eigenvalue weighted by molar-refractivity contribution is 5.92. The summed E-state index contributed by atoms with van der Waals surface area (Å²) in [5.41, 5.74) is 2.51. The molecule has 1 aromatic heterocycles. The van der Waals surface area contributed by atoms with Gasteiger partial charge in [0, 0.05) is 12.6 Å². The third kappa shape index (κ3) is 2.61. The van der Waals surface area contributed by atoms with Gasteiger partial charge in [-0.1, -0.05) is 30.3 Å². The molecule has 1 unspecified atom stereocenters. The number of nitrogens with one attached hydrogen (secondary N) is 1. The largest absolute Gasteiger partial charge is 0.330 e. The van der Waals surface area contributed by atoms with E-state index >= 15 is 0 Å².